The molecule has 0 aliphatic carbocycles. The summed E-state index contributed by atoms with van der Waals surface area (Å²) in [6, 6.07) is 0. The Morgan fingerprint density at radius 3 is 2.45 bits per heavy atom. The minimum atomic E-state index is -0.851. The zero-order valence-electron chi connectivity index (χ0n) is 7.22. The van der Waals surface area contributed by atoms with Crippen LogP contribution in [0.25, 0.3) is 0 Å². The van der Waals surface area contributed by atoms with E-state index in [0.29, 0.717) is 0 Å². The maximum absolute atomic E-state index is 11.0. The smallest absolute Gasteiger partial charge is 0.173 e. The van der Waals surface area contributed by atoms with Crippen molar-refractivity contribution in [1.29, 1.82) is 0 Å². The van der Waals surface area contributed by atoms with Gasteiger partial charge in [-0.2, -0.15) is 0 Å². The first-order chi connectivity index (χ1) is 5.09. The summed E-state index contributed by atoms with van der Waals surface area (Å²) in [5.74, 6) is 5.04. The molecule has 0 aromatic heterocycles. The van der Waals surface area contributed by atoms with Gasteiger partial charge in [-0.1, -0.05) is 19.8 Å². The lowest BCUT2D eigenvalue weighted by Gasteiger charge is -2.10. The lowest BCUT2D eigenvalue weighted by atomic mass is 10.0. The van der Waals surface area contributed by atoms with Crippen LogP contribution in [0.1, 0.15) is 27.2 Å². The molecule has 0 rings (SSSR count). The molecule has 0 saturated carbocycles. The first-order valence-corrected chi connectivity index (χ1v) is 3.70. The zero-order valence-corrected chi connectivity index (χ0v) is 7.22. The minimum Gasteiger partial charge on any atom is -0.385 e. The fourth-order valence-electron chi connectivity index (χ4n) is 0.652. The Hall–Kier alpha value is -0.810. The molecule has 0 saturated heterocycles. The first-order valence-electron chi connectivity index (χ1n) is 3.70. The molecule has 1 unspecified atom stereocenters. The van der Waals surface area contributed by atoms with Gasteiger partial charge in [-0.3, -0.25) is 4.79 Å². The Morgan fingerprint density at radius 1 is 1.55 bits per heavy atom. The van der Waals surface area contributed by atoms with Crippen LogP contribution in [0.4, 0.5) is 0 Å². The highest BCUT2D eigenvalue weighted by Crippen LogP contribution is 2.03. The molecule has 0 spiro atoms. The van der Waals surface area contributed by atoms with Gasteiger partial charge in [0.05, 0.1) is 6.42 Å². The second-order valence-corrected chi connectivity index (χ2v) is 2.76. The van der Waals surface area contributed by atoms with Gasteiger partial charge >= 0.3 is 0 Å². The molecule has 0 radical (unpaired) electrons. The molecule has 62 valence electrons. The summed E-state index contributed by atoms with van der Waals surface area (Å²) in [4.78, 5) is 11.0. The van der Waals surface area contributed by atoms with Crippen LogP contribution >= 0.6 is 0 Å². The predicted octanol–water partition coefficient (Wildman–Crippen LogP) is 0.986. The molecular formula is C9H14O2. The number of Topliss-reactive ketones (excluding diaryl/α,β-unsaturated/α-hetero) is 1. The summed E-state index contributed by atoms with van der Waals surface area (Å²) in [6.07, 6.45) is -0.689. The quantitative estimate of drug-likeness (QED) is 0.615. The lowest BCUT2D eigenvalue weighted by molar-refractivity contribution is -0.128. The number of hydrogen-bond acceptors (Lipinski definition) is 2. The van der Waals surface area contributed by atoms with Gasteiger partial charge in [0.1, 0.15) is 6.10 Å². The largest absolute Gasteiger partial charge is 0.385 e. The van der Waals surface area contributed by atoms with Crippen molar-refractivity contribution in [3.8, 4) is 11.8 Å². The standard InChI is InChI=1S/C9H14O2/c1-4-5-6-8(10)9(11)7(2)3/h7,9,11H,6H2,1-3H3. The first kappa shape index (κ1) is 10.2. The van der Waals surface area contributed by atoms with E-state index < -0.39 is 6.10 Å². The molecule has 0 amide bonds. The van der Waals surface area contributed by atoms with E-state index in [1.807, 2.05) is 13.8 Å². The minimum absolute atomic E-state index is 0.0128. The summed E-state index contributed by atoms with van der Waals surface area (Å²) in [5.41, 5.74) is 0. The monoisotopic (exact) mass is 154 g/mol. The molecule has 0 bridgehead atoms. The third-order valence-corrected chi connectivity index (χ3v) is 1.40. The van der Waals surface area contributed by atoms with E-state index in [1.54, 1.807) is 6.92 Å². The van der Waals surface area contributed by atoms with Crippen molar-refractivity contribution in [3.05, 3.63) is 0 Å². The van der Waals surface area contributed by atoms with Crippen molar-refractivity contribution in [2.24, 2.45) is 5.92 Å². The van der Waals surface area contributed by atoms with Crippen molar-refractivity contribution in [3.63, 3.8) is 0 Å². The normalized spacial score (nSPS) is 12.1. The van der Waals surface area contributed by atoms with Crippen molar-refractivity contribution < 1.29 is 9.90 Å². The highest BCUT2D eigenvalue weighted by molar-refractivity contribution is 5.85. The average Bonchev–Trinajstić information content (AvgIpc) is 1.98. The Morgan fingerprint density at radius 2 is 2.09 bits per heavy atom. The number of rotatable bonds is 3. The average molecular weight is 154 g/mol. The fourth-order valence-corrected chi connectivity index (χ4v) is 0.652. The molecule has 2 heteroatoms. The Balaban J connectivity index is 3.90. The van der Waals surface area contributed by atoms with Crippen LogP contribution in [0.15, 0.2) is 0 Å². The molecular weight excluding hydrogens is 140 g/mol. The third kappa shape index (κ3) is 3.79. The van der Waals surface area contributed by atoms with Crippen molar-refractivity contribution in [2.75, 3.05) is 0 Å². The second kappa shape index (κ2) is 4.92. The number of aliphatic hydroxyl groups excluding tert-OH is 1. The molecule has 0 aliphatic heterocycles. The van der Waals surface area contributed by atoms with Crippen LogP contribution in [0.5, 0.6) is 0 Å². The van der Waals surface area contributed by atoms with Gasteiger partial charge in [0, 0.05) is 0 Å². The number of hydrogen-bond donors (Lipinski definition) is 1. The van der Waals surface area contributed by atoms with Crippen LogP contribution in [0.2, 0.25) is 0 Å². The summed E-state index contributed by atoms with van der Waals surface area (Å²) in [5, 5.41) is 9.20. The van der Waals surface area contributed by atoms with Crippen LogP contribution in [0.3, 0.4) is 0 Å². The summed E-state index contributed by atoms with van der Waals surface area (Å²) in [6.45, 7) is 5.29. The summed E-state index contributed by atoms with van der Waals surface area (Å²) < 4.78 is 0. The zero-order chi connectivity index (χ0) is 8.85. The molecule has 1 N–H and O–H groups in total. The fraction of sp³-hybridized carbons (Fsp3) is 0.667. The van der Waals surface area contributed by atoms with E-state index in [-0.39, 0.29) is 18.1 Å². The number of ketones is 1. The van der Waals surface area contributed by atoms with Gasteiger partial charge in [-0.15, -0.1) is 5.92 Å². The number of aliphatic hydroxyl groups is 1. The molecule has 11 heavy (non-hydrogen) atoms. The van der Waals surface area contributed by atoms with Gasteiger partial charge in [0.25, 0.3) is 0 Å². The van der Waals surface area contributed by atoms with Crippen LogP contribution in [-0.4, -0.2) is 17.0 Å². The van der Waals surface area contributed by atoms with Crippen molar-refractivity contribution >= 4 is 5.78 Å². The highest BCUT2D eigenvalue weighted by atomic mass is 16.3. The molecule has 0 aromatic rings. The summed E-state index contributed by atoms with van der Waals surface area (Å²) in [7, 11) is 0. The van der Waals surface area contributed by atoms with Gasteiger partial charge in [0.15, 0.2) is 5.78 Å². The van der Waals surface area contributed by atoms with E-state index >= 15 is 0 Å². The van der Waals surface area contributed by atoms with Crippen LogP contribution in [0, 0.1) is 17.8 Å². The van der Waals surface area contributed by atoms with E-state index in [9.17, 15) is 9.90 Å². The topological polar surface area (TPSA) is 37.3 Å². The molecule has 0 fully saturated rings. The Kier molecular flexibility index (Phi) is 4.56. The maximum atomic E-state index is 11.0. The van der Waals surface area contributed by atoms with E-state index in [4.69, 9.17) is 0 Å². The third-order valence-electron chi connectivity index (χ3n) is 1.40. The second-order valence-electron chi connectivity index (χ2n) is 2.76. The molecule has 2 nitrogen and oxygen atoms in total. The number of carbonyl (C=O) groups excluding carboxylic acids is 1. The van der Waals surface area contributed by atoms with Gasteiger partial charge in [0.2, 0.25) is 0 Å². The number of carbonyl (C=O) groups is 1. The molecule has 0 aromatic carbocycles. The SMILES string of the molecule is CC#CCC(=O)C(O)C(C)C. The maximum Gasteiger partial charge on any atom is 0.173 e. The van der Waals surface area contributed by atoms with Crippen molar-refractivity contribution in [1.82, 2.24) is 0 Å². The lowest BCUT2D eigenvalue weighted by Crippen LogP contribution is -2.25. The molecule has 0 heterocycles. The van der Waals surface area contributed by atoms with Crippen LogP contribution in [-0.2, 0) is 4.79 Å². The van der Waals surface area contributed by atoms with Crippen molar-refractivity contribution in [2.45, 2.75) is 33.3 Å². The summed E-state index contributed by atoms with van der Waals surface area (Å²) >= 11 is 0. The van der Waals surface area contributed by atoms with E-state index in [0.717, 1.165) is 0 Å². The van der Waals surface area contributed by atoms with E-state index in [2.05, 4.69) is 11.8 Å². The molecule has 1 atom stereocenters. The van der Waals surface area contributed by atoms with E-state index in [1.165, 1.54) is 0 Å². The Labute approximate surface area is 67.6 Å². The van der Waals surface area contributed by atoms with Gasteiger partial charge in [-0.05, 0) is 12.8 Å². The molecule has 0 aliphatic rings. The highest BCUT2D eigenvalue weighted by Gasteiger charge is 2.16. The predicted molar refractivity (Wildman–Crippen MR) is 43.9 cm³/mol. The van der Waals surface area contributed by atoms with Gasteiger partial charge < -0.3 is 5.11 Å². The van der Waals surface area contributed by atoms with Crippen LogP contribution < -0.4 is 0 Å². The Bertz CT molecular complexity index is 183. The van der Waals surface area contributed by atoms with Gasteiger partial charge in [-0.25, -0.2) is 0 Å².